The zero-order valence-corrected chi connectivity index (χ0v) is 15.1. The van der Waals surface area contributed by atoms with E-state index in [-0.39, 0.29) is 23.6 Å². The summed E-state index contributed by atoms with van der Waals surface area (Å²) in [4.78, 5) is 12.6. The highest BCUT2D eigenvalue weighted by Gasteiger charge is 2.31. The molecular weight excluding hydrogens is 340 g/mol. The number of hydrogen-bond acceptors (Lipinski definition) is 3. The van der Waals surface area contributed by atoms with Gasteiger partial charge in [-0.3, -0.25) is 9.48 Å². The van der Waals surface area contributed by atoms with Crippen LogP contribution in [0.4, 0.5) is 8.78 Å². The first-order valence-corrected chi connectivity index (χ1v) is 8.68. The molecule has 7 heteroatoms. The van der Waals surface area contributed by atoms with Gasteiger partial charge in [0.2, 0.25) is 0 Å². The number of hydrogen-bond donors (Lipinski definition) is 2. The number of aliphatic hydroxyl groups is 1. The first-order chi connectivity index (χ1) is 12.2. The molecule has 2 N–H and O–H groups in total. The number of benzene rings is 1. The molecule has 0 spiro atoms. The van der Waals surface area contributed by atoms with Crippen molar-refractivity contribution in [1.82, 2.24) is 15.1 Å². The lowest BCUT2D eigenvalue weighted by atomic mass is 10.1. The number of aliphatic hydroxyl groups excluding tert-OH is 1. The zero-order chi connectivity index (χ0) is 19.1. The molecule has 5 nitrogen and oxygen atoms in total. The Morgan fingerprint density at radius 3 is 2.58 bits per heavy atom. The van der Waals surface area contributed by atoms with Crippen LogP contribution in [0.1, 0.15) is 67.4 Å². The third-order valence-electron chi connectivity index (χ3n) is 4.38. The van der Waals surface area contributed by atoms with Gasteiger partial charge in [-0.15, -0.1) is 0 Å². The third-order valence-corrected chi connectivity index (χ3v) is 4.38. The van der Waals surface area contributed by atoms with E-state index >= 15 is 0 Å². The van der Waals surface area contributed by atoms with Crippen LogP contribution in [0.2, 0.25) is 0 Å². The fraction of sp³-hybridized carbons (Fsp3) is 0.474. The highest BCUT2D eigenvalue weighted by atomic mass is 19.2. The Kier molecular flexibility index (Phi) is 4.84. The Labute approximate surface area is 151 Å². The molecule has 1 saturated carbocycles. The minimum atomic E-state index is -1.14. The van der Waals surface area contributed by atoms with E-state index in [1.165, 1.54) is 6.07 Å². The van der Waals surface area contributed by atoms with Crippen molar-refractivity contribution in [3.05, 3.63) is 52.9 Å². The lowest BCUT2D eigenvalue weighted by molar-refractivity contribution is 0.0898. The molecule has 1 amide bonds. The summed E-state index contributed by atoms with van der Waals surface area (Å²) >= 11 is 0. The highest BCUT2D eigenvalue weighted by Crippen LogP contribution is 2.40. The van der Waals surface area contributed by atoms with E-state index < -0.39 is 17.7 Å². The number of carbonyl (C=O) groups excluding carboxylic acids is 1. The van der Waals surface area contributed by atoms with E-state index in [9.17, 15) is 18.7 Å². The average molecular weight is 363 g/mol. The second-order valence-corrected chi connectivity index (χ2v) is 7.71. The van der Waals surface area contributed by atoms with E-state index in [0.29, 0.717) is 11.6 Å². The van der Waals surface area contributed by atoms with Gasteiger partial charge in [-0.2, -0.15) is 5.10 Å². The lowest BCUT2D eigenvalue weighted by Gasteiger charge is -2.22. The molecule has 0 saturated heterocycles. The van der Waals surface area contributed by atoms with Crippen LogP contribution in [0.3, 0.4) is 0 Å². The molecule has 1 fully saturated rings. The average Bonchev–Trinajstić information content (AvgIpc) is 3.31. The quantitative estimate of drug-likeness (QED) is 0.857. The van der Waals surface area contributed by atoms with Gasteiger partial charge in [0.05, 0.1) is 17.3 Å². The summed E-state index contributed by atoms with van der Waals surface area (Å²) in [7, 11) is 0. The Morgan fingerprint density at radius 1 is 1.31 bits per heavy atom. The number of halogens is 2. The van der Waals surface area contributed by atoms with Gasteiger partial charge >= 0.3 is 0 Å². The minimum absolute atomic E-state index is 0.113. The molecule has 0 unspecified atom stereocenters. The summed E-state index contributed by atoms with van der Waals surface area (Å²) in [6.07, 6.45) is 1.02. The number of nitrogens with zero attached hydrogens (tertiary/aromatic N) is 2. The molecule has 2 aromatic rings. The second kappa shape index (κ2) is 6.79. The van der Waals surface area contributed by atoms with Crippen molar-refractivity contribution in [3.8, 4) is 0 Å². The fourth-order valence-electron chi connectivity index (χ4n) is 2.77. The maximum atomic E-state index is 13.3. The maximum Gasteiger partial charge on any atom is 0.269 e. The van der Waals surface area contributed by atoms with Crippen LogP contribution in [0.25, 0.3) is 0 Å². The number of aromatic nitrogens is 2. The molecule has 26 heavy (non-hydrogen) atoms. The minimum Gasteiger partial charge on any atom is -0.387 e. The summed E-state index contributed by atoms with van der Waals surface area (Å²) in [6, 6.07) is 4.96. The Balaban J connectivity index is 1.72. The molecule has 1 atom stereocenters. The van der Waals surface area contributed by atoms with Crippen LogP contribution in [-0.2, 0) is 5.54 Å². The molecular formula is C19H23F2N3O2. The van der Waals surface area contributed by atoms with E-state index in [1.807, 2.05) is 20.8 Å². The topological polar surface area (TPSA) is 67.2 Å². The van der Waals surface area contributed by atoms with Crippen molar-refractivity contribution in [2.75, 3.05) is 6.54 Å². The van der Waals surface area contributed by atoms with E-state index in [4.69, 9.17) is 0 Å². The molecule has 0 radical (unpaired) electrons. The molecule has 1 aromatic carbocycles. The molecule has 1 aliphatic carbocycles. The van der Waals surface area contributed by atoms with Gasteiger partial charge in [0.25, 0.3) is 5.91 Å². The Hall–Kier alpha value is -2.28. The SMILES string of the molecule is CC(C)(C)n1nc(C2CC2)cc1C(=O)NC[C@@H](O)c1ccc(F)c(F)c1. The largest absolute Gasteiger partial charge is 0.387 e. The Morgan fingerprint density at radius 2 is 2.00 bits per heavy atom. The van der Waals surface area contributed by atoms with Crippen molar-refractivity contribution in [1.29, 1.82) is 0 Å². The van der Waals surface area contributed by atoms with E-state index in [2.05, 4.69) is 10.4 Å². The standard InChI is InChI=1S/C19H23F2N3O2/c1-19(2,3)24-16(9-15(23-24)11-4-5-11)18(26)22-10-17(25)12-6-7-13(20)14(21)8-12/h6-9,11,17,25H,4-5,10H2,1-3H3,(H,22,26)/t17-/m1/s1. The molecule has 1 aliphatic rings. The predicted octanol–water partition coefficient (Wildman–Crippen LogP) is 3.26. The molecule has 1 heterocycles. The summed E-state index contributed by atoms with van der Waals surface area (Å²) < 4.78 is 28.0. The van der Waals surface area contributed by atoms with Crippen LogP contribution >= 0.6 is 0 Å². The zero-order valence-electron chi connectivity index (χ0n) is 15.1. The number of nitrogens with one attached hydrogen (secondary N) is 1. The Bertz CT molecular complexity index is 823. The van der Waals surface area contributed by atoms with E-state index in [0.717, 1.165) is 30.7 Å². The van der Waals surface area contributed by atoms with Gasteiger partial charge in [-0.1, -0.05) is 6.07 Å². The van der Waals surface area contributed by atoms with Crippen LogP contribution in [-0.4, -0.2) is 27.3 Å². The predicted molar refractivity (Wildman–Crippen MR) is 92.8 cm³/mol. The summed E-state index contributed by atoms with van der Waals surface area (Å²) in [5, 5.41) is 17.4. The van der Waals surface area contributed by atoms with Gasteiger partial charge in [0.15, 0.2) is 11.6 Å². The smallest absolute Gasteiger partial charge is 0.269 e. The van der Waals surface area contributed by atoms with Crippen LogP contribution in [0.15, 0.2) is 24.3 Å². The van der Waals surface area contributed by atoms with Gasteiger partial charge in [-0.25, -0.2) is 8.78 Å². The van der Waals surface area contributed by atoms with Gasteiger partial charge < -0.3 is 10.4 Å². The van der Waals surface area contributed by atoms with Crippen LogP contribution < -0.4 is 5.32 Å². The van der Waals surface area contributed by atoms with Crippen molar-refractivity contribution < 1.29 is 18.7 Å². The van der Waals surface area contributed by atoms with E-state index in [1.54, 1.807) is 10.7 Å². The normalized spacial score (nSPS) is 15.8. The number of rotatable bonds is 5. The van der Waals surface area contributed by atoms with Crippen molar-refractivity contribution >= 4 is 5.91 Å². The van der Waals surface area contributed by atoms with Crippen LogP contribution in [0, 0.1) is 11.6 Å². The summed E-state index contributed by atoms with van der Waals surface area (Å²) in [6.45, 7) is 5.77. The first kappa shape index (κ1) is 18.5. The highest BCUT2D eigenvalue weighted by molar-refractivity contribution is 5.92. The molecule has 0 aliphatic heterocycles. The third kappa shape index (κ3) is 3.93. The summed E-state index contributed by atoms with van der Waals surface area (Å²) in [5.74, 6) is -1.96. The summed E-state index contributed by atoms with van der Waals surface area (Å²) in [5.41, 5.74) is 1.17. The van der Waals surface area contributed by atoms with Gasteiger partial charge in [-0.05, 0) is 57.4 Å². The van der Waals surface area contributed by atoms with Crippen LogP contribution in [0.5, 0.6) is 0 Å². The number of carbonyl (C=O) groups is 1. The van der Waals surface area contributed by atoms with Crippen molar-refractivity contribution in [2.24, 2.45) is 0 Å². The molecule has 0 bridgehead atoms. The van der Waals surface area contributed by atoms with Crippen molar-refractivity contribution in [2.45, 2.75) is 51.2 Å². The lowest BCUT2D eigenvalue weighted by Crippen LogP contribution is -2.34. The van der Waals surface area contributed by atoms with Gasteiger partial charge in [0.1, 0.15) is 5.69 Å². The molecule has 140 valence electrons. The maximum absolute atomic E-state index is 13.3. The number of amides is 1. The monoisotopic (exact) mass is 363 g/mol. The second-order valence-electron chi connectivity index (χ2n) is 7.71. The fourth-order valence-corrected chi connectivity index (χ4v) is 2.77. The molecule has 1 aromatic heterocycles. The van der Waals surface area contributed by atoms with Crippen molar-refractivity contribution in [3.63, 3.8) is 0 Å². The first-order valence-electron chi connectivity index (χ1n) is 8.68. The molecule has 3 rings (SSSR count). The van der Waals surface area contributed by atoms with Gasteiger partial charge in [0, 0.05) is 12.5 Å².